The molecular weight excluding hydrogens is 244 g/mol. The molecule has 96 valence electrons. The largest absolute Gasteiger partial charge is 0.305 e. The van der Waals surface area contributed by atoms with Crippen LogP contribution in [0.4, 0.5) is 0 Å². The zero-order chi connectivity index (χ0) is 13.0. The summed E-state index contributed by atoms with van der Waals surface area (Å²) < 4.78 is 4.03. The van der Waals surface area contributed by atoms with Gasteiger partial charge in [0.1, 0.15) is 0 Å². The molecule has 2 rings (SSSR count). The molecule has 0 aromatic carbocycles. The molecule has 0 saturated carbocycles. The Morgan fingerprint density at radius 1 is 1.33 bits per heavy atom. The maximum atomic E-state index is 4.28. The molecule has 18 heavy (non-hydrogen) atoms. The second-order valence-electron chi connectivity index (χ2n) is 4.41. The predicted octanol–water partition coefficient (Wildman–Crippen LogP) is 2.64. The lowest BCUT2D eigenvalue weighted by Crippen LogP contribution is -2.23. The van der Waals surface area contributed by atoms with Crippen molar-refractivity contribution >= 4 is 11.5 Å². The second kappa shape index (κ2) is 6.02. The van der Waals surface area contributed by atoms with Crippen molar-refractivity contribution in [2.24, 2.45) is 0 Å². The summed E-state index contributed by atoms with van der Waals surface area (Å²) >= 11 is 1.46. The summed E-state index contributed by atoms with van der Waals surface area (Å²) in [6.45, 7) is 7.19. The average Bonchev–Trinajstić information content (AvgIpc) is 2.77. The number of aromatic nitrogens is 3. The van der Waals surface area contributed by atoms with Crippen LogP contribution in [0.3, 0.4) is 0 Å². The molecule has 0 saturated heterocycles. The minimum absolute atomic E-state index is 0.150. The summed E-state index contributed by atoms with van der Waals surface area (Å²) in [4.78, 5) is 5.45. The molecule has 1 N–H and O–H groups in total. The maximum Gasteiger partial charge on any atom is 0.0776 e. The molecule has 0 amide bonds. The van der Waals surface area contributed by atoms with Crippen molar-refractivity contribution in [1.82, 2.24) is 19.9 Å². The first kappa shape index (κ1) is 13.1. The van der Waals surface area contributed by atoms with Crippen molar-refractivity contribution in [2.45, 2.75) is 33.2 Å². The number of nitrogens with one attached hydrogen (secondary N) is 1. The van der Waals surface area contributed by atoms with E-state index < -0.39 is 0 Å². The molecule has 2 aromatic heterocycles. The molecule has 0 radical (unpaired) electrons. The summed E-state index contributed by atoms with van der Waals surface area (Å²) in [5.41, 5.74) is 3.35. The number of rotatable bonds is 5. The van der Waals surface area contributed by atoms with Gasteiger partial charge in [-0.1, -0.05) is 17.5 Å². The molecule has 0 fully saturated rings. The van der Waals surface area contributed by atoms with Crippen LogP contribution in [0.1, 0.15) is 41.1 Å². The van der Waals surface area contributed by atoms with Gasteiger partial charge in [0.05, 0.1) is 16.6 Å². The summed E-state index contributed by atoms with van der Waals surface area (Å²) in [6.07, 6.45) is 4.89. The highest BCUT2D eigenvalue weighted by atomic mass is 32.1. The van der Waals surface area contributed by atoms with Crippen LogP contribution in [0.5, 0.6) is 0 Å². The fourth-order valence-corrected chi connectivity index (χ4v) is 2.64. The molecule has 5 heteroatoms. The minimum atomic E-state index is 0.150. The highest BCUT2D eigenvalue weighted by Crippen LogP contribution is 2.26. The van der Waals surface area contributed by atoms with Crippen LogP contribution >= 0.6 is 11.5 Å². The van der Waals surface area contributed by atoms with Gasteiger partial charge in [0, 0.05) is 12.4 Å². The molecule has 0 aliphatic rings. The van der Waals surface area contributed by atoms with Gasteiger partial charge in [0.15, 0.2) is 0 Å². The number of nitrogens with zero attached hydrogens (tertiary/aromatic N) is 3. The molecule has 0 aliphatic heterocycles. The Morgan fingerprint density at radius 3 is 2.78 bits per heavy atom. The van der Waals surface area contributed by atoms with E-state index in [4.69, 9.17) is 0 Å². The Bertz CT molecular complexity index is 509. The predicted molar refractivity (Wildman–Crippen MR) is 73.8 cm³/mol. The van der Waals surface area contributed by atoms with Crippen molar-refractivity contribution in [3.05, 3.63) is 40.2 Å². The zero-order valence-electron chi connectivity index (χ0n) is 11.0. The van der Waals surface area contributed by atoms with E-state index in [0.29, 0.717) is 0 Å². The minimum Gasteiger partial charge on any atom is -0.305 e. The van der Waals surface area contributed by atoms with Crippen molar-refractivity contribution in [2.75, 3.05) is 6.54 Å². The van der Waals surface area contributed by atoms with Crippen LogP contribution in [0.25, 0.3) is 0 Å². The molecular formula is C13H18N4S. The molecule has 0 bridgehead atoms. The highest BCUT2D eigenvalue weighted by molar-refractivity contribution is 7.05. The van der Waals surface area contributed by atoms with E-state index in [0.717, 1.165) is 18.7 Å². The molecule has 0 spiro atoms. The van der Waals surface area contributed by atoms with Gasteiger partial charge < -0.3 is 5.32 Å². The van der Waals surface area contributed by atoms with E-state index in [2.05, 4.69) is 39.8 Å². The average molecular weight is 262 g/mol. The summed E-state index contributed by atoms with van der Waals surface area (Å²) in [5.74, 6) is 0. The third-order valence-corrected chi connectivity index (χ3v) is 3.67. The SMILES string of the molecule is CCCNC(c1cncc(C)c1)c1snnc1C. The fraction of sp³-hybridized carbons (Fsp3) is 0.462. The van der Waals surface area contributed by atoms with E-state index >= 15 is 0 Å². The van der Waals surface area contributed by atoms with Crippen LogP contribution < -0.4 is 5.32 Å². The monoisotopic (exact) mass is 262 g/mol. The maximum absolute atomic E-state index is 4.28. The standard InChI is InChI=1S/C13H18N4S/c1-4-5-15-12(13-10(3)16-17-18-13)11-6-9(2)7-14-8-11/h6-8,12,15H,4-5H2,1-3H3. The Balaban J connectivity index is 2.33. The quantitative estimate of drug-likeness (QED) is 0.900. The molecule has 1 atom stereocenters. The molecule has 4 nitrogen and oxygen atoms in total. The normalized spacial score (nSPS) is 12.6. The lowest BCUT2D eigenvalue weighted by molar-refractivity contribution is 0.600. The summed E-state index contributed by atoms with van der Waals surface area (Å²) in [7, 11) is 0. The molecule has 1 unspecified atom stereocenters. The van der Waals surface area contributed by atoms with E-state index in [9.17, 15) is 0 Å². The van der Waals surface area contributed by atoms with Crippen LogP contribution in [0, 0.1) is 13.8 Å². The first-order valence-electron chi connectivity index (χ1n) is 6.16. The smallest absolute Gasteiger partial charge is 0.0776 e. The fourth-order valence-electron chi connectivity index (χ4n) is 1.89. The lowest BCUT2D eigenvalue weighted by Gasteiger charge is -2.17. The topological polar surface area (TPSA) is 50.7 Å². The van der Waals surface area contributed by atoms with Gasteiger partial charge in [-0.05, 0) is 49.5 Å². The van der Waals surface area contributed by atoms with Crippen LogP contribution in [0.15, 0.2) is 18.5 Å². The molecule has 2 aromatic rings. The van der Waals surface area contributed by atoms with Crippen molar-refractivity contribution in [3.63, 3.8) is 0 Å². The number of hydrogen-bond donors (Lipinski definition) is 1. The van der Waals surface area contributed by atoms with Crippen LogP contribution in [-0.2, 0) is 0 Å². The van der Waals surface area contributed by atoms with E-state index in [1.807, 2.05) is 19.3 Å². The molecule has 0 aliphatic carbocycles. The van der Waals surface area contributed by atoms with Gasteiger partial charge in [-0.3, -0.25) is 4.98 Å². The van der Waals surface area contributed by atoms with Crippen LogP contribution in [0.2, 0.25) is 0 Å². The van der Waals surface area contributed by atoms with Gasteiger partial charge in [0.25, 0.3) is 0 Å². The Kier molecular flexibility index (Phi) is 4.38. The number of hydrogen-bond acceptors (Lipinski definition) is 5. The highest BCUT2D eigenvalue weighted by Gasteiger charge is 2.19. The van der Waals surface area contributed by atoms with Crippen molar-refractivity contribution in [1.29, 1.82) is 0 Å². The second-order valence-corrected chi connectivity index (χ2v) is 5.19. The van der Waals surface area contributed by atoms with Gasteiger partial charge in [0.2, 0.25) is 0 Å². The van der Waals surface area contributed by atoms with Crippen molar-refractivity contribution in [3.8, 4) is 0 Å². The Morgan fingerprint density at radius 2 is 2.17 bits per heavy atom. The lowest BCUT2D eigenvalue weighted by atomic mass is 10.0. The zero-order valence-corrected chi connectivity index (χ0v) is 11.8. The Hall–Kier alpha value is -1.33. The summed E-state index contributed by atoms with van der Waals surface area (Å²) in [5, 5.41) is 7.65. The Labute approximate surface area is 112 Å². The third-order valence-electron chi connectivity index (χ3n) is 2.78. The third kappa shape index (κ3) is 2.91. The molecule has 2 heterocycles. The van der Waals surface area contributed by atoms with Gasteiger partial charge >= 0.3 is 0 Å². The van der Waals surface area contributed by atoms with Crippen molar-refractivity contribution < 1.29 is 0 Å². The van der Waals surface area contributed by atoms with Gasteiger partial charge in [-0.25, -0.2) is 0 Å². The van der Waals surface area contributed by atoms with Gasteiger partial charge in [-0.15, -0.1) is 5.10 Å². The summed E-state index contributed by atoms with van der Waals surface area (Å²) in [6, 6.07) is 2.32. The van der Waals surface area contributed by atoms with E-state index in [1.165, 1.54) is 27.5 Å². The number of pyridine rings is 1. The van der Waals surface area contributed by atoms with Crippen LogP contribution in [-0.4, -0.2) is 21.1 Å². The van der Waals surface area contributed by atoms with Gasteiger partial charge in [-0.2, -0.15) is 0 Å². The van der Waals surface area contributed by atoms with E-state index in [-0.39, 0.29) is 6.04 Å². The number of aryl methyl sites for hydroxylation is 2. The van der Waals surface area contributed by atoms with E-state index in [1.54, 1.807) is 0 Å². The first-order valence-corrected chi connectivity index (χ1v) is 6.93. The first-order chi connectivity index (χ1) is 8.72.